The minimum atomic E-state index is 0.186. The molecule has 4 N–H and O–H groups in total. The van der Waals surface area contributed by atoms with Crippen molar-refractivity contribution < 1.29 is 5.11 Å². The zero-order valence-electron chi connectivity index (χ0n) is 9.72. The first kappa shape index (κ1) is 11.8. The molecule has 0 aliphatic rings. The molecule has 2 aromatic carbocycles. The van der Waals surface area contributed by atoms with E-state index in [0.717, 1.165) is 5.69 Å². The second-order valence-corrected chi connectivity index (χ2v) is 3.90. The van der Waals surface area contributed by atoms with E-state index in [1.165, 1.54) is 0 Å². The lowest BCUT2D eigenvalue weighted by atomic mass is 10.1. The smallest absolute Gasteiger partial charge is 0.120 e. The van der Waals surface area contributed by atoms with E-state index in [0.29, 0.717) is 23.4 Å². The van der Waals surface area contributed by atoms with Gasteiger partial charge >= 0.3 is 0 Å². The van der Waals surface area contributed by atoms with Crippen molar-refractivity contribution >= 4 is 11.4 Å². The average molecular weight is 239 g/mol. The van der Waals surface area contributed by atoms with E-state index in [1.54, 1.807) is 24.3 Å². The second-order valence-electron chi connectivity index (χ2n) is 3.90. The van der Waals surface area contributed by atoms with Crippen LogP contribution in [-0.2, 0) is 6.54 Å². The van der Waals surface area contributed by atoms with Crippen LogP contribution >= 0.6 is 0 Å². The number of phenols is 1. The van der Waals surface area contributed by atoms with Crippen LogP contribution in [0.15, 0.2) is 42.5 Å². The van der Waals surface area contributed by atoms with Crippen LogP contribution in [0.5, 0.6) is 5.75 Å². The number of aromatic hydroxyl groups is 1. The highest BCUT2D eigenvalue weighted by molar-refractivity contribution is 5.58. The van der Waals surface area contributed by atoms with Crippen molar-refractivity contribution in [3.63, 3.8) is 0 Å². The second kappa shape index (κ2) is 5.11. The van der Waals surface area contributed by atoms with E-state index in [1.807, 2.05) is 18.2 Å². The number of nitrogens with zero attached hydrogens (tertiary/aromatic N) is 1. The summed E-state index contributed by atoms with van der Waals surface area (Å²) < 4.78 is 0. The number of nitrogen functional groups attached to an aromatic ring is 1. The normalized spacial score (nSPS) is 9.72. The van der Waals surface area contributed by atoms with Gasteiger partial charge in [0.25, 0.3) is 0 Å². The summed E-state index contributed by atoms with van der Waals surface area (Å²) in [5, 5.41) is 21.7. The third kappa shape index (κ3) is 2.53. The molecular weight excluding hydrogens is 226 g/mol. The van der Waals surface area contributed by atoms with Crippen molar-refractivity contribution in [1.29, 1.82) is 5.26 Å². The maximum atomic E-state index is 9.68. The third-order valence-electron chi connectivity index (χ3n) is 2.62. The van der Waals surface area contributed by atoms with Gasteiger partial charge in [0.1, 0.15) is 11.8 Å². The van der Waals surface area contributed by atoms with Crippen molar-refractivity contribution in [2.45, 2.75) is 6.54 Å². The van der Waals surface area contributed by atoms with Gasteiger partial charge in [-0.3, -0.25) is 0 Å². The minimum absolute atomic E-state index is 0.186. The fourth-order valence-corrected chi connectivity index (χ4v) is 1.67. The number of hydrogen-bond donors (Lipinski definition) is 3. The van der Waals surface area contributed by atoms with E-state index < -0.39 is 0 Å². The molecule has 0 spiro atoms. The van der Waals surface area contributed by atoms with Crippen LogP contribution in [0.1, 0.15) is 11.1 Å². The van der Waals surface area contributed by atoms with Gasteiger partial charge in [0.2, 0.25) is 0 Å². The Morgan fingerprint density at radius 1 is 1.22 bits per heavy atom. The number of hydrogen-bond acceptors (Lipinski definition) is 4. The Hall–Kier alpha value is -2.67. The van der Waals surface area contributed by atoms with Crippen molar-refractivity contribution in [1.82, 2.24) is 0 Å². The summed E-state index contributed by atoms with van der Waals surface area (Å²) in [6, 6.07) is 14.2. The summed E-state index contributed by atoms with van der Waals surface area (Å²) in [6.45, 7) is 0.412. The Balaban J connectivity index is 2.17. The van der Waals surface area contributed by atoms with Crippen LogP contribution in [-0.4, -0.2) is 5.11 Å². The molecule has 0 aromatic heterocycles. The molecule has 0 aliphatic heterocycles. The van der Waals surface area contributed by atoms with Crippen LogP contribution < -0.4 is 11.1 Å². The lowest BCUT2D eigenvalue weighted by Crippen LogP contribution is -2.02. The first-order chi connectivity index (χ1) is 8.70. The van der Waals surface area contributed by atoms with Gasteiger partial charge < -0.3 is 16.2 Å². The largest absolute Gasteiger partial charge is 0.508 e. The number of nitriles is 1. The molecule has 2 aromatic rings. The zero-order valence-corrected chi connectivity index (χ0v) is 9.72. The number of nitrogens with one attached hydrogen (secondary N) is 1. The zero-order chi connectivity index (χ0) is 13.0. The lowest BCUT2D eigenvalue weighted by molar-refractivity contribution is 0.469. The summed E-state index contributed by atoms with van der Waals surface area (Å²) >= 11 is 0. The highest BCUT2D eigenvalue weighted by Crippen LogP contribution is 2.22. The average Bonchev–Trinajstić information content (AvgIpc) is 2.40. The summed E-state index contributed by atoms with van der Waals surface area (Å²) in [6.07, 6.45) is 0. The van der Waals surface area contributed by atoms with Gasteiger partial charge in [0.05, 0.1) is 11.3 Å². The molecule has 0 fully saturated rings. The fraction of sp³-hybridized carbons (Fsp3) is 0.0714. The van der Waals surface area contributed by atoms with Crippen LogP contribution in [0.25, 0.3) is 0 Å². The molecule has 90 valence electrons. The number of nitrogens with two attached hydrogens (primary N) is 1. The van der Waals surface area contributed by atoms with Crippen molar-refractivity contribution in [2.75, 3.05) is 11.1 Å². The van der Waals surface area contributed by atoms with E-state index in [9.17, 15) is 5.11 Å². The summed E-state index contributed by atoms with van der Waals surface area (Å²) in [4.78, 5) is 0. The van der Waals surface area contributed by atoms with Crippen LogP contribution in [0.4, 0.5) is 11.4 Å². The molecule has 4 heteroatoms. The van der Waals surface area contributed by atoms with Gasteiger partial charge in [0, 0.05) is 17.8 Å². The van der Waals surface area contributed by atoms with Gasteiger partial charge in [0.15, 0.2) is 0 Å². The predicted octanol–water partition coefficient (Wildman–Crippen LogP) is 2.46. The van der Waals surface area contributed by atoms with Gasteiger partial charge in [-0.15, -0.1) is 0 Å². The molecule has 2 rings (SSSR count). The minimum Gasteiger partial charge on any atom is -0.508 e. The number of rotatable bonds is 3. The van der Waals surface area contributed by atoms with Crippen molar-refractivity contribution in [3.05, 3.63) is 53.6 Å². The van der Waals surface area contributed by atoms with E-state index in [-0.39, 0.29) is 5.75 Å². The van der Waals surface area contributed by atoms with Crippen molar-refractivity contribution in [3.8, 4) is 11.8 Å². The SMILES string of the molecule is N#Cc1ccccc1NCc1cc(N)ccc1O. The van der Waals surface area contributed by atoms with Gasteiger partial charge in [-0.25, -0.2) is 0 Å². The highest BCUT2D eigenvalue weighted by Gasteiger charge is 2.04. The number of para-hydroxylation sites is 1. The molecule has 0 unspecified atom stereocenters. The predicted molar refractivity (Wildman–Crippen MR) is 71.0 cm³/mol. The van der Waals surface area contributed by atoms with E-state index >= 15 is 0 Å². The Bertz CT molecular complexity index is 602. The van der Waals surface area contributed by atoms with E-state index in [2.05, 4.69) is 11.4 Å². The van der Waals surface area contributed by atoms with Gasteiger partial charge in [-0.05, 0) is 30.3 Å². The lowest BCUT2D eigenvalue weighted by Gasteiger charge is -2.10. The Labute approximate surface area is 105 Å². The molecule has 0 saturated heterocycles. The first-order valence-electron chi connectivity index (χ1n) is 5.51. The molecular formula is C14H13N3O. The monoisotopic (exact) mass is 239 g/mol. The van der Waals surface area contributed by atoms with Crippen molar-refractivity contribution in [2.24, 2.45) is 0 Å². The van der Waals surface area contributed by atoms with Gasteiger partial charge in [-0.1, -0.05) is 12.1 Å². The maximum absolute atomic E-state index is 9.68. The summed E-state index contributed by atoms with van der Waals surface area (Å²) in [5.41, 5.74) is 8.26. The van der Waals surface area contributed by atoms with Crippen LogP contribution in [0, 0.1) is 11.3 Å². The third-order valence-corrected chi connectivity index (χ3v) is 2.62. The van der Waals surface area contributed by atoms with Crippen LogP contribution in [0.3, 0.4) is 0 Å². The molecule has 0 saturated carbocycles. The summed E-state index contributed by atoms with van der Waals surface area (Å²) in [7, 11) is 0. The molecule has 0 aliphatic carbocycles. The van der Waals surface area contributed by atoms with E-state index in [4.69, 9.17) is 11.0 Å². The first-order valence-corrected chi connectivity index (χ1v) is 5.51. The molecule has 18 heavy (non-hydrogen) atoms. The Morgan fingerprint density at radius 2 is 2.00 bits per heavy atom. The standard InChI is InChI=1S/C14H13N3O/c15-8-10-3-1-2-4-13(10)17-9-11-7-12(16)5-6-14(11)18/h1-7,17-18H,9,16H2. The molecule has 0 radical (unpaired) electrons. The summed E-state index contributed by atoms with van der Waals surface area (Å²) in [5.74, 6) is 0.186. The Morgan fingerprint density at radius 3 is 2.78 bits per heavy atom. The maximum Gasteiger partial charge on any atom is 0.120 e. The highest BCUT2D eigenvalue weighted by atomic mass is 16.3. The number of phenolic OH excluding ortho intramolecular Hbond substituents is 1. The van der Waals surface area contributed by atoms with Gasteiger partial charge in [-0.2, -0.15) is 5.26 Å². The number of anilines is 2. The Kier molecular flexibility index (Phi) is 3.35. The molecule has 0 atom stereocenters. The molecule has 0 heterocycles. The van der Waals surface area contributed by atoms with Crippen LogP contribution in [0.2, 0.25) is 0 Å². The molecule has 0 bridgehead atoms. The topological polar surface area (TPSA) is 82.1 Å². The quantitative estimate of drug-likeness (QED) is 0.567. The number of benzene rings is 2. The molecule has 4 nitrogen and oxygen atoms in total. The fourth-order valence-electron chi connectivity index (χ4n) is 1.67. The molecule has 0 amide bonds.